The number of nitrogens with one attached hydrogen (secondary N) is 1. The summed E-state index contributed by atoms with van der Waals surface area (Å²) < 4.78 is 2.00. The highest BCUT2D eigenvalue weighted by Crippen LogP contribution is 2.34. The molecule has 8 nitrogen and oxygen atoms in total. The van der Waals surface area contributed by atoms with Gasteiger partial charge in [0.1, 0.15) is 6.04 Å². The molecule has 30 heavy (non-hydrogen) atoms. The zero-order valence-electron chi connectivity index (χ0n) is 17.7. The lowest BCUT2D eigenvalue weighted by atomic mass is 10.0. The van der Waals surface area contributed by atoms with Gasteiger partial charge in [0.2, 0.25) is 0 Å². The first kappa shape index (κ1) is 19.4. The molecule has 0 unspecified atom stereocenters. The second-order valence-corrected chi connectivity index (χ2v) is 8.75. The van der Waals surface area contributed by atoms with E-state index in [1.165, 1.54) is 12.8 Å². The molecule has 5 rings (SSSR count). The summed E-state index contributed by atoms with van der Waals surface area (Å²) in [6.45, 7) is 5.71. The Labute approximate surface area is 175 Å². The van der Waals surface area contributed by atoms with E-state index in [0.29, 0.717) is 6.04 Å². The summed E-state index contributed by atoms with van der Waals surface area (Å²) in [4.78, 5) is 21.1. The SMILES string of the molecule is Cc1cccc2cc([C@@H](c3nnnn3C3CCCC3)N3CCN(C)CC3)c(=O)[nH]c12. The molecule has 1 aliphatic carbocycles. The van der Waals surface area contributed by atoms with Crippen LogP contribution in [0.5, 0.6) is 0 Å². The summed E-state index contributed by atoms with van der Waals surface area (Å²) in [5.74, 6) is 0.795. The number of hydrogen-bond acceptors (Lipinski definition) is 6. The molecule has 3 aromatic rings. The number of nitrogens with zero attached hydrogens (tertiary/aromatic N) is 6. The summed E-state index contributed by atoms with van der Waals surface area (Å²) in [6.07, 6.45) is 4.61. The molecule has 3 heterocycles. The van der Waals surface area contributed by atoms with E-state index in [1.807, 2.05) is 29.8 Å². The van der Waals surface area contributed by atoms with Gasteiger partial charge in [0, 0.05) is 31.7 Å². The molecule has 8 heteroatoms. The highest BCUT2D eigenvalue weighted by atomic mass is 16.1. The normalized spacial score (nSPS) is 20.2. The fraction of sp³-hybridized carbons (Fsp3) is 0.545. The first-order valence-corrected chi connectivity index (χ1v) is 10.9. The third-order valence-corrected chi connectivity index (χ3v) is 6.75. The van der Waals surface area contributed by atoms with Crippen LogP contribution in [-0.4, -0.2) is 68.2 Å². The first-order valence-electron chi connectivity index (χ1n) is 10.9. The quantitative estimate of drug-likeness (QED) is 0.714. The maximum absolute atomic E-state index is 13.3. The Hall–Kier alpha value is -2.58. The number of rotatable bonds is 4. The number of tetrazole rings is 1. The summed E-state index contributed by atoms with van der Waals surface area (Å²) in [6, 6.07) is 8.24. The van der Waals surface area contributed by atoms with Gasteiger partial charge >= 0.3 is 0 Å². The predicted molar refractivity (Wildman–Crippen MR) is 116 cm³/mol. The maximum Gasteiger partial charge on any atom is 0.253 e. The van der Waals surface area contributed by atoms with Crippen molar-refractivity contribution in [2.45, 2.75) is 44.7 Å². The van der Waals surface area contributed by atoms with E-state index in [0.717, 1.165) is 66.9 Å². The highest BCUT2D eigenvalue weighted by molar-refractivity contribution is 5.82. The maximum atomic E-state index is 13.3. The standard InChI is InChI=1S/C22H29N7O/c1-15-6-5-7-16-14-18(22(30)23-19(15)16)20(28-12-10-27(2)11-13-28)21-24-25-26-29(21)17-8-3-4-9-17/h5-7,14,17,20H,3-4,8-13H2,1-2H3,(H,23,30)/t20-/m0/s1. The molecule has 1 atom stereocenters. The average molecular weight is 408 g/mol. The van der Waals surface area contributed by atoms with Gasteiger partial charge in [0.25, 0.3) is 5.56 Å². The van der Waals surface area contributed by atoms with Gasteiger partial charge in [-0.2, -0.15) is 0 Å². The van der Waals surface area contributed by atoms with Crippen LogP contribution in [0.3, 0.4) is 0 Å². The lowest BCUT2D eigenvalue weighted by molar-refractivity contribution is 0.120. The molecule has 2 fully saturated rings. The minimum Gasteiger partial charge on any atom is -0.321 e. The van der Waals surface area contributed by atoms with Crippen LogP contribution < -0.4 is 5.56 Å². The average Bonchev–Trinajstić information content (AvgIpc) is 3.43. The Kier molecular flexibility index (Phi) is 5.12. The molecule has 1 saturated carbocycles. The van der Waals surface area contributed by atoms with E-state index in [-0.39, 0.29) is 11.6 Å². The zero-order valence-corrected chi connectivity index (χ0v) is 17.7. The van der Waals surface area contributed by atoms with E-state index in [1.54, 1.807) is 0 Å². The topological polar surface area (TPSA) is 82.9 Å². The van der Waals surface area contributed by atoms with E-state index in [4.69, 9.17) is 0 Å². The number of aromatic nitrogens is 5. The van der Waals surface area contributed by atoms with Crippen molar-refractivity contribution < 1.29 is 0 Å². The first-order chi connectivity index (χ1) is 14.6. The summed E-state index contributed by atoms with van der Waals surface area (Å²) >= 11 is 0. The molecular weight excluding hydrogens is 378 g/mol. The Morgan fingerprint density at radius 3 is 2.67 bits per heavy atom. The molecule has 1 N–H and O–H groups in total. The molecule has 1 aromatic carbocycles. The number of pyridine rings is 1. The van der Waals surface area contributed by atoms with Crippen LogP contribution in [0.25, 0.3) is 10.9 Å². The Balaban J connectivity index is 1.64. The largest absolute Gasteiger partial charge is 0.321 e. The monoisotopic (exact) mass is 407 g/mol. The van der Waals surface area contributed by atoms with Crippen LogP contribution in [0.15, 0.2) is 29.1 Å². The number of fused-ring (bicyclic) bond motifs is 1. The van der Waals surface area contributed by atoms with Crippen LogP contribution in [-0.2, 0) is 0 Å². The van der Waals surface area contributed by atoms with Crippen molar-refractivity contribution >= 4 is 10.9 Å². The molecule has 0 bridgehead atoms. The fourth-order valence-electron chi connectivity index (χ4n) is 4.97. The number of para-hydroxylation sites is 1. The minimum absolute atomic E-state index is 0.0540. The minimum atomic E-state index is -0.247. The number of aromatic amines is 1. The number of likely N-dealkylation sites (N-methyl/N-ethyl adjacent to an activating group) is 1. The van der Waals surface area contributed by atoms with Gasteiger partial charge in [-0.05, 0) is 54.3 Å². The molecule has 0 radical (unpaired) electrons. The van der Waals surface area contributed by atoms with Crippen molar-refractivity contribution in [3.8, 4) is 0 Å². The third-order valence-electron chi connectivity index (χ3n) is 6.75. The number of hydrogen-bond donors (Lipinski definition) is 1. The van der Waals surface area contributed by atoms with Crippen molar-refractivity contribution in [3.05, 3.63) is 51.6 Å². The van der Waals surface area contributed by atoms with Crippen molar-refractivity contribution in [2.75, 3.05) is 33.2 Å². The van der Waals surface area contributed by atoms with Gasteiger partial charge < -0.3 is 9.88 Å². The Morgan fingerprint density at radius 1 is 1.13 bits per heavy atom. The van der Waals surface area contributed by atoms with Gasteiger partial charge in [-0.1, -0.05) is 31.0 Å². The van der Waals surface area contributed by atoms with Crippen molar-refractivity contribution in [1.82, 2.24) is 35.0 Å². The zero-order chi connectivity index (χ0) is 20.7. The van der Waals surface area contributed by atoms with Gasteiger partial charge in [-0.15, -0.1) is 5.10 Å². The van der Waals surface area contributed by atoms with Gasteiger partial charge in [0.05, 0.1) is 11.6 Å². The number of H-pyrrole nitrogens is 1. The van der Waals surface area contributed by atoms with Gasteiger partial charge in [-0.25, -0.2) is 4.68 Å². The Morgan fingerprint density at radius 2 is 1.90 bits per heavy atom. The van der Waals surface area contributed by atoms with Crippen LogP contribution in [0.2, 0.25) is 0 Å². The van der Waals surface area contributed by atoms with E-state index in [9.17, 15) is 4.79 Å². The second kappa shape index (κ2) is 7.92. The van der Waals surface area contributed by atoms with Crippen LogP contribution in [0, 0.1) is 6.92 Å². The van der Waals surface area contributed by atoms with Gasteiger partial charge in [-0.3, -0.25) is 9.69 Å². The Bertz CT molecular complexity index is 1090. The van der Waals surface area contributed by atoms with Crippen LogP contribution in [0.4, 0.5) is 0 Å². The summed E-state index contributed by atoms with van der Waals surface area (Å²) in [5.41, 5.74) is 2.65. The van der Waals surface area contributed by atoms with Crippen molar-refractivity contribution in [1.29, 1.82) is 0 Å². The number of piperazine rings is 1. The fourth-order valence-corrected chi connectivity index (χ4v) is 4.97. The van der Waals surface area contributed by atoms with E-state index in [2.05, 4.69) is 43.4 Å². The molecular formula is C22H29N7O. The lowest BCUT2D eigenvalue weighted by Gasteiger charge is -2.37. The van der Waals surface area contributed by atoms with Crippen molar-refractivity contribution in [3.63, 3.8) is 0 Å². The van der Waals surface area contributed by atoms with Crippen LogP contribution in [0.1, 0.15) is 54.7 Å². The van der Waals surface area contributed by atoms with Crippen LogP contribution >= 0.6 is 0 Å². The number of benzene rings is 1. The second-order valence-electron chi connectivity index (χ2n) is 8.75. The molecule has 2 aliphatic rings. The van der Waals surface area contributed by atoms with Gasteiger partial charge in [0.15, 0.2) is 5.82 Å². The van der Waals surface area contributed by atoms with E-state index < -0.39 is 0 Å². The molecule has 158 valence electrons. The summed E-state index contributed by atoms with van der Waals surface area (Å²) in [5, 5.41) is 13.9. The molecule has 0 amide bonds. The molecule has 0 spiro atoms. The predicted octanol–water partition coefficient (Wildman–Crippen LogP) is 2.27. The third kappa shape index (κ3) is 3.44. The smallest absolute Gasteiger partial charge is 0.253 e. The lowest BCUT2D eigenvalue weighted by Crippen LogP contribution is -2.47. The molecule has 2 aromatic heterocycles. The molecule has 1 saturated heterocycles. The highest BCUT2D eigenvalue weighted by Gasteiger charge is 2.34. The van der Waals surface area contributed by atoms with Crippen molar-refractivity contribution in [2.24, 2.45) is 0 Å². The number of aryl methyl sites for hydroxylation is 1. The molecule has 1 aliphatic heterocycles. The summed E-state index contributed by atoms with van der Waals surface area (Å²) in [7, 11) is 2.14. The van der Waals surface area contributed by atoms with E-state index >= 15 is 0 Å².